The zero-order valence-electron chi connectivity index (χ0n) is 11.3. The Morgan fingerprint density at radius 1 is 1.25 bits per heavy atom. The maximum atomic E-state index is 12.8. The molecule has 1 unspecified atom stereocenters. The van der Waals surface area contributed by atoms with Crippen LogP contribution in [0.4, 0.5) is 0 Å². The van der Waals surface area contributed by atoms with Gasteiger partial charge in [0.15, 0.2) is 5.78 Å². The minimum absolute atomic E-state index is 0.0297. The predicted octanol–water partition coefficient (Wildman–Crippen LogP) is 3.45. The smallest absolute Gasteiger partial charge is 0.304 e. The van der Waals surface area contributed by atoms with Crippen LogP contribution < -0.4 is 0 Å². The van der Waals surface area contributed by atoms with E-state index in [1.165, 1.54) is 0 Å². The second-order valence-electron chi connectivity index (χ2n) is 5.78. The van der Waals surface area contributed by atoms with Crippen LogP contribution in [0, 0.1) is 5.41 Å². The Bertz CT molecular complexity index is 717. The Morgan fingerprint density at radius 3 is 2.75 bits per heavy atom. The van der Waals surface area contributed by atoms with E-state index in [2.05, 4.69) is 0 Å². The molecule has 0 fully saturated rings. The molecule has 0 bridgehead atoms. The van der Waals surface area contributed by atoms with Crippen LogP contribution in [-0.4, -0.2) is 16.9 Å². The lowest BCUT2D eigenvalue weighted by Gasteiger charge is -2.32. The van der Waals surface area contributed by atoms with Crippen LogP contribution in [0.3, 0.4) is 0 Å². The highest BCUT2D eigenvalue weighted by Gasteiger charge is 2.40. The van der Waals surface area contributed by atoms with Crippen molar-refractivity contribution in [3.63, 3.8) is 0 Å². The van der Waals surface area contributed by atoms with E-state index in [0.717, 1.165) is 28.3 Å². The highest BCUT2D eigenvalue weighted by molar-refractivity contribution is 6.13. The number of aryl methyl sites for hydroxylation is 1. The largest absolute Gasteiger partial charge is 0.481 e. The molecule has 1 N–H and O–H groups in total. The molecule has 3 rings (SSSR count). The monoisotopic (exact) mass is 268 g/mol. The van der Waals surface area contributed by atoms with Crippen molar-refractivity contribution in [3.05, 3.63) is 47.5 Å². The van der Waals surface area contributed by atoms with Gasteiger partial charge >= 0.3 is 5.97 Å². The summed E-state index contributed by atoms with van der Waals surface area (Å²) in [6.07, 6.45) is 1.26. The van der Waals surface area contributed by atoms with Gasteiger partial charge in [-0.2, -0.15) is 0 Å². The molecule has 2 aromatic rings. The summed E-state index contributed by atoms with van der Waals surface area (Å²) < 4.78 is 0. The van der Waals surface area contributed by atoms with Crippen LogP contribution in [-0.2, 0) is 11.2 Å². The predicted molar refractivity (Wildman–Crippen MR) is 77.0 cm³/mol. The molecule has 3 heteroatoms. The molecule has 0 aromatic heterocycles. The third-order valence-electron chi connectivity index (χ3n) is 4.28. The number of benzene rings is 2. The van der Waals surface area contributed by atoms with Crippen LogP contribution in [0.5, 0.6) is 0 Å². The van der Waals surface area contributed by atoms with E-state index in [1.807, 2.05) is 36.4 Å². The molecule has 0 amide bonds. The van der Waals surface area contributed by atoms with Gasteiger partial charge in [0.25, 0.3) is 0 Å². The average molecular weight is 268 g/mol. The fourth-order valence-corrected chi connectivity index (χ4v) is 3.12. The zero-order valence-corrected chi connectivity index (χ0v) is 11.3. The van der Waals surface area contributed by atoms with E-state index in [4.69, 9.17) is 5.11 Å². The lowest BCUT2D eigenvalue weighted by atomic mass is 9.69. The molecular weight excluding hydrogens is 252 g/mol. The number of fused-ring (bicyclic) bond motifs is 3. The average Bonchev–Trinajstić information content (AvgIpc) is 2.42. The molecule has 3 nitrogen and oxygen atoms in total. The number of carboxylic acid groups (broad SMARTS) is 1. The number of carbonyl (C=O) groups is 2. The number of hydrogen-bond donors (Lipinski definition) is 1. The summed E-state index contributed by atoms with van der Waals surface area (Å²) in [4.78, 5) is 23.9. The molecule has 1 atom stereocenters. The van der Waals surface area contributed by atoms with Crippen LogP contribution in [0.25, 0.3) is 10.8 Å². The molecule has 2 aromatic carbocycles. The lowest BCUT2D eigenvalue weighted by molar-refractivity contribution is -0.139. The Kier molecular flexibility index (Phi) is 2.85. The topological polar surface area (TPSA) is 54.4 Å². The van der Waals surface area contributed by atoms with Crippen LogP contribution >= 0.6 is 0 Å². The molecule has 0 heterocycles. The molecule has 1 aliphatic carbocycles. The molecule has 0 aliphatic heterocycles. The van der Waals surface area contributed by atoms with Gasteiger partial charge in [-0.1, -0.05) is 43.3 Å². The highest BCUT2D eigenvalue weighted by Crippen LogP contribution is 2.40. The quantitative estimate of drug-likeness (QED) is 0.907. The molecule has 20 heavy (non-hydrogen) atoms. The summed E-state index contributed by atoms with van der Waals surface area (Å²) in [5, 5.41) is 11.0. The molecule has 0 saturated carbocycles. The summed E-state index contributed by atoms with van der Waals surface area (Å²) in [5.74, 6) is -0.942. The van der Waals surface area contributed by atoms with Gasteiger partial charge in [0.1, 0.15) is 0 Å². The first-order valence-corrected chi connectivity index (χ1v) is 6.78. The van der Waals surface area contributed by atoms with Crippen molar-refractivity contribution in [2.75, 3.05) is 0 Å². The summed E-state index contributed by atoms with van der Waals surface area (Å²) >= 11 is 0. The number of rotatable bonds is 2. The molecule has 0 radical (unpaired) electrons. The lowest BCUT2D eigenvalue weighted by Crippen LogP contribution is -2.35. The minimum atomic E-state index is -0.912. The van der Waals surface area contributed by atoms with Crippen molar-refractivity contribution in [3.8, 4) is 0 Å². The van der Waals surface area contributed by atoms with Gasteiger partial charge in [0.05, 0.1) is 6.42 Å². The standard InChI is InChI=1S/C17H16O3/c1-17(10-14(18)19)9-8-12-7-6-11-4-2-3-5-13(11)15(12)16(17)20/h2-7H,8-10H2,1H3,(H,18,19). The van der Waals surface area contributed by atoms with Gasteiger partial charge in [-0.15, -0.1) is 0 Å². The summed E-state index contributed by atoms with van der Waals surface area (Å²) in [7, 11) is 0. The number of hydrogen-bond acceptors (Lipinski definition) is 2. The molecule has 0 saturated heterocycles. The molecule has 1 aliphatic rings. The van der Waals surface area contributed by atoms with Crippen molar-refractivity contribution in [2.24, 2.45) is 5.41 Å². The van der Waals surface area contributed by atoms with E-state index in [-0.39, 0.29) is 12.2 Å². The number of aliphatic carboxylic acids is 1. The van der Waals surface area contributed by atoms with Gasteiger partial charge in [0.2, 0.25) is 0 Å². The van der Waals surface area contributed by atoms with Crippen molar-refractivity contribution >= 4 is 22.5 Å². The Labute approximate surface area is 117 Å². The molecule has 0 spiro atoms. The van der Waals surface area contributed by atoms with Gasteiger partial charge in [-0.3, -0.25) is 9.59 Å². The van der Waals surface area contributed by atoms with Gasteiger partial charge in [0, 0.05) is 11.0 Å². The third-order valence-corrected chi connectivity index (χ3v) is 4.28. The van der Waals surface area contributed by atoms with Gasteiger partial charge in [-0.25, -0.2) is 0 Å². The zero-order chi connectivity index (χ0) is 14.3. The van der Waals surface area contributed by atoms with E-state index in [0.29, 0.717) is 6.42 Å². The Balaban J connectivity index is 2.19. The molecule has 102 valence electrons. The maximum absolute atomic E-state index is 12.8. The number of carbonyl (C=O) groups excluding carboxylic acids is 1. The Morgan fingerprint density at radius 2 is 2.00 bits per heavy atom. The number of Topliss-reactive ketones (excluding diaryl/α,β-unsaturated/α-hetero) is 1. The van der Waals surface area contributed by atoms with Crippen molar-refractivity contribution < 1.29 is 14.7 Å². The first-order valence-electron chi connectivity index (χ1n) is 6.78. The fourth-order valence-electron chi connectivity index (χ4n) is 3.12. The van der Waals surface area contributed by atoms with Crippen molar-refractivity contribution in [1.82, 2.24) is 0 Å². The SMILES string of the molecule is CC1(CC(=O)O)CCc2ccc3ccccc3c2C1=O. The van der Waals surface area contributed by atoms with E-state index in [1.54, 1.807) is 6.92 Å². The van der Waals surface area contributed by atoms with Gasteiger partial charge in [-0.05, 0) is 29.2 Å². The number of ketones is 1. The summed E-state index contributed by atoms with van der Waals surface area (Å²) in [5.41, 5.74) is 0.970. The Hall–Kier alpha value is -2.16. The fraction of sp³-hybridized carbons (Fsp3) is 0.294. The van der Waals surface area contributed by atoms with Crippen molar-refractivity contribution in [2.45, 2.75) is 26.2 Å². The summed E-state index contributed by atoms with van der Waals surface area (Å²) in [6.45, 7) is 1.77. The first-order chi connectivity index (χ1) is 9.51. The van der Waals surface area contributed by atoms with Crippen LogP contribution in [0.15, 0.2) is 36.4 Å². The minimum Gasteiger partial charge on any atom is -0.481 e. The van der Waals surface area contributed by atoms with Crippen LogP contribution in [0.2, 0.25) is 0 Å². The molecular formula is C17H16O3. The normalized spacial score (nSPS) is 21.8. The third kappa shape index (κ3) is 1.90. The summed E-state index contributed by atoms with van der Waals surface area (Å²) in [6, 6.07) is 11.8. The van der Waals surface area contributed by atoms with E-state index < -0.39 is 11.4 Å². The van der Waals surface area contributed by atoms with Crippen LogP contribution in [0.1, 0.15) is 35.7 Å². The van der Waals surface area contributed by atoms with E-state index in [9.17, 15) is 9.59 Å². The highest BCUT2D eigenvalue weighted by atomic mass is 16.4. The first kappa shape index (κ1) is 12.9. The van der Waals surface area contributed by atoms with Crippen molar-refractivity contribution in [1.29, 1.82) is 0 Å². The van der Waals surface area contributed by atoms with E-state index >= 15 is 0 Å². The maximum Gasteiger partial charge on any atom is 0.304 e. The second kappa shape index (κ2) is 4.44. The van der Waals surface area contributed by atoms with Gasteiger partial charge < -0.3 is 5.11 Å². The number of carboxylic acids is 1. The second-order valence-corrected chi connectivity index (χ2v) is 5.78.